The molecule has 0 amide bonds. The van der Waals surface area contributed by atoms with E-state index in [4.69, 9.17) is 0 Å². The van der Waals surface area contributed by atoms with Gasteiger partial charge in [-0.2, -0.15) is 0 Å². The Hall–Kier alpha value is -1.13. The molecule has 0 rings (SSSR count). The number of nitrogens with zero attached hydrogens (tertiary/aromatic N) is 1. The second-order valence-electron chi connectivity index (χ2n) is 3.83. The van der Waals surface area contributed by atoms with Gasteiger partial charge in [-0.3, -0.25) is 0 Å². The van der Waals surface area contributed by atoms with Gasteiger partial charge in [-0.05, 0) is 19.8 Å². The van der Waals surface area contributed by atoms with Crippen LogP contribution < -0.4 is 0 Å². The van der Waals surface area contributed by atoms with Gasteiger partial charge in [-0.15, -0.1) is 0 Å². The van der Waals surface area contributed by atoms with Gasteiger partial charge < -0.3 is 9.57 Å². The molecule has 0 aliphatic carbocycles. The molecule has 1 atom stereocenters. The lowest BCUT2D eigenvalue weighted by molar-refractivity contribution is -0.153. The smallest absolute Gasteiger partial charge is 0.349 e. The summed E-state index contributed by atoms with van der Waals surface area (Å²) in [6, 6.07) is 0. The molecule has 0 aromatic rings. The lowest BCUT2D eigenvalue weighted by Gasteiger charge is -2.20. The summed E-state index contributed by atoms with van der Waals surface area (Å²) < 4.78 is 18.9. The van der Waals surface area contributed by atoms with Crippen LogP contribution in [0.4, 0.5) is 4.39 Å². The second kappa shape index (κ2) is 7.19. The van der Waals surface area contributed by atoms with E-state index in [-0.39, 0.29) is 18.9 Å². The summed E-state index contributed by atoms with van der Waals surface area (Å²) in [5, 5.41) is 3.42. The van der Waals surface area contributed by atoms with E-state index in [0.717, 1.165) is 6.21 Å². The third-order valence-corrected chi connectivity index (χ3v) is 1.78. The van der Waals surface area contributed by atoms with Crippen molar-refractivity contribution in [2.24, 2.45) is 11.1 Å². The first-order valence-corrected chi connectivity index (χ1v) is 5.48. The van der Waals surface area contributed by atoms with E-state index in [0.29, 0.717) is 6.61 Å². The molecule has 1 unspecified atom stereocenters. The predicted octanol–water partition coefficient (Wildman–Crippen LogP) is 2.33. The Morgan fingerprint density at radius 1 is 1.44 bits per heavy atom. The van der Waals surface area contributed by atoms with Gasteiger partial charge in [0.25, 0.3) is 0 Å². The summed E-state index contributed by atoms with van der Waals surface area (Å²) >= 11 is 0. The van der Waals surface area contributed by atoms with E-state index in [1.807, 2.05) is 13.8 Å². The first-order valence-electron chi connectivity index (χ1n) is 5.48. The van der Waals surface area contributed by atoms with Crippen molar-refractivity contribution < 1.29 is 18.8 Å². The summed E-state index contributed by atoms with van der Waals surface area (Å²) in [6.45, 7) is 7.48. The van der Waals surface area contributed by atoms with Crippen molar-refractivity contribution in [2.45, 2.75) is 39.8 Å². The molecule has 0 aliphatic rings. The molecule has 0 aliphatic heterocycles. The summed E-state index contributed by atoms with van der Waals surface area (Å²) in [7, 11) is 0. The molecule has 0 aromatic heterocycles. The van der Waals surface area contributed by atoms with Gasteiger partial charge in [0.2, 0.25) is 5.67 Å². The molecule has 0 bridgehead atoms. The number of rotatable bonds is 7. The molecule has 94 valence electrons. The normalized spacial score (nSPS) is 15.1. The number of oxime groups is 1. The number of alkyl halides is 1. The predicted molar refractivity (Wildman–Crippen MR) is 60.0 cm³/mol. The zero-order valence-corrected chi connectivity index (χ0v) is 10.3. The van der Waals surface area contributed by atoms with E-state index >= 15 is 0 Å². The molecule has 0 saturated heterocycles. The minimum absolute atomic E-state index is 0.0162. The van der Waals surface area contributed by atoms with Crippen LogP contribution >= 0.6 is 0 Å². The van der Waals surface area contributed by atoms with Gasteiger partial charge in [0.1, 0.15) is 6.61 Å². The van der Waals surface area contributed by atoms with E-state index in [1.165, 1.54) is 0 Å². The van der Waals surface area contributed by atoms with Gasteiger partial charge >= 0.3 is 5.97 Å². The Bertz CT molecular complexity index is 243. The number of carbonyl (C=O) groups excluding carboxylic acids is 1. The lowest BCUT2D eigenvalue weighted by atomic mass is 9.95. The van der Waals surface area contributed by atoms with Crippen LogP contribution in [0.5, 0.6) is 0 Å². The standard InChI is InChI=1S/C11H20FNO3/c1-5-15-10(14)11(12,7-9(3)4)8-13-16-6-2/h8-9H,5-7H2,1-4H3. The van der Waals surface area contributed by atoms with Crippen LogP contribution in [-0.2, 0) is 14.4 Å². The third kappa shape index (κ3) is 5.09. The quantitative estimate of drug-likeness (QED) is 0.385. The van der Waals surface area contributed by atoms with Crippen molar-refractivity contribution in [3.8, 4) is 0 Å². The van der Waals surface area contributed by atoms with Crippen LogP contribution in [0.15, 0.2) is 5.16 Å². The van der Waals surface area contributed by atoms with E-state index in [1.54, 1.807) is 13.8 Å². The molecule has 0 aromatic carbocycles. The molecule has 16 heavy (non-hydrogen) atoms. The average molecular weight is 233 g/mol. The third-order valence-electron chi connectivity index (χ3n) is 1.78. The van der Waals surface area contributed by atoms with Crippen LogP contribution in [-0.4, -0.2) is 31.1 Å². The van der Waals surface area contributed by atoms with Crippen molar-refractivity contribution in [3.05, 3.63) is 0 Å². The SMILES string of the molecule is CCON=CC(F)(CC(C)C)C(=O)OCC. The van der Waals surface area contributed by atoms with Crippen LogP contribution in [0, 0.1) is 5.92 Å². The maximum absolute atomic E-state index is 14.2. The second-order valence-corrected chi connectivity index (χ2v) is 3.83. The Labute approximate surface area is 95.8 Å². The monoisotopic (exact) mass is 233 g/mol. The largest absolute Gasteiger partial charge is 0.463 e. The average Bonchev–Trinajstić information content (AvgIpc) is 2.17. The molecule has 4 nitrogen and oxygen atoms in total. The fraction of sp³-hybridized carbons (Fsp3) is 0.818. The highest BCUT2D eigenvalue weighted by molar-refractivity contribution is 5.98. The fourth-order valence-electron chi connectivity index (χ4n) is 1.23. The highest BCUT2D eigenvalue weighted by atomic mass is 19.1. The zero-order chi connectivity index (χ0) is 12.6. The molecule has 0 fully saturated rings. The van der Waals surface area contributed by atoms with Crippen molar-refractivity contribution in [1.29, 1.82) is 0 Å². The van der Waals surface area contributed by atoms with E-state index in [2.05, 4.69) is 14.7 Å². The van der Waals surface area contributed by atoms with Crippen LogP contribution in [0.2, 0.25) is 0 Å². The summed E-state index contributed by atoms with van der Waals surface area (Å²) in [6.07, 6.45) is 0.914. The molecule has 0 spiro atoms. The molecule has 0 radical (unpaired) electrons. The van der Waals surface area contributed by atoms with Gasteiger partial charge in [-0.25, -0.2) is 9.18 Å². The van der Waals surface area contributed by atoms with E-state index < -0.39 is 11.6 Å². The zero-order valence-electron chi connectivity index (χ0n) is 10.3. The van der Waals surface area contributed by atoms with Gasteiger partial charge in [0, 0.05) is 6.42 Å². The Morgan fingerprint density at radius 2 is 2.06 bits per heavy atom. The Kier molecular flexibility index (Phi) is 6.69. The topological polar surface area (TPSA) is 47.9 Å². The number of hydrogen-bond acceptors (Lipinski definition) is 4. The molecular weight excluding hydrogens is 213 g/mol. The van der Waals surface area contributed by atoms with Crippen molar-refractivity contribution >= 4 is 12.2 Å². The number of esters is 1. The van der Waals surface area contributed by atoms with Crippen LogP contribution in [0.1, 0.15) is 34.1 Å². The van der Waals surface area contributed by atoms with Crippen LogP contribution in [0.3, 0.4) is 0 Å². The Balaban J connectivity index is 4.66. The van der Waals surface area contributed by atoms with Crippen molar-refractivity contribution in [2.75, 3.05) is 13.2 Å². The number of ether oxygens (including phenoxy) is 1. The summed E-state index contributed by atoms with van der Waals surface area (Å²) in [5.41, 5.74) is -2.20. The lowest BCUT2D eigenvalue weighted by Crippen LogP contribution is -2.38. The van der Waals surface area contributed by atoms with Crippen molar-refractivity contribution in [3.63, 3.8) is 0 Å². The first-order chi connectivity index (χ1) is 7.46. The maximum atomic E-state index is 14.2. The maximum Gasteiger partial charge on any atom is 0.349 e. The molecular formula is C11H20FNO3. The first kappa shape index (κ1) is 14.9. The summed E-state index contributed by atoms with van der Waals surface area (Å²) in [4.78, 5) is 16.1. The van der Waals surface area contributed by atoms with E-state index in [9.17, 15) is 9.18 Å². The minimum atomic E-state index is -2.20. The summed E-state index contributed by atoms with van der Waals surface area (Å²) in [5.74, 6) is -0.894. The van der Waals surface area contributed by atoms with Crippen LogP contribution in [0.25, 0.3) is 0 Å². The molecule has 5 heteroatoms. The van der Waals surface area contributed by atoms with Crippen molar-refractivity contribution in [1.82, 2.24) is 0 Å². The highest BCUT2D eigenvalue weighted by Crippen LogP contribution is 2.21. The molecule has 0 saturated carbocycles. The minimum Gasteiger partial charge on any atom is -0.463 e. The molecule has 0 N–H and O–H groups in total. The van der Waals surface area contributed by atoms with Gasteiger partial charge in [-0.1, -0.05) is 19.0 Å². The van der Waals surface area contributed by atoms with Gasteiger partial charge in [0.15, 0.2) is 0 Å². The highest BCUT2D eigenvalue weighted by Gasteiger charge is 2.39. The van der Waals surface area contributed by atoms with Gasteiger partial charge in [0.05, 0.1) is 12.8 Å². The fourth-order valence-corrected chi connectivity index (χ4v) is 1.23. The number of halogens is 1. The number of carbonyl (C=O) groups is 1. The molecule has 0 heterocycles. The number of hydrogen-bond donors (Lipinski definition) is 0. The Morgan fingerprint density at radius 3 is 2.50 bits per heavy atom.